The third kappa shape index (κ3) is 2.74. The van der Waals surface area contributed by atoms with Crippen molar-refractivity contribution in [3.63, 3.8) is 0 Å². The summed E-state index contributed by atoms with van der Waals surface area (Å²) >= 11 is 0. The lowest BCUT2D eigenvalue weighted by atomic mass is 9.97. The summed E-state index contributed by atoms with van der Waals surface area (Å²) in [6.45, 7) is -0.729. The molecule has 8 nitrogen and oxygen atoms in total. The Labute approximate surface area is 106 Å². The minimum Gasteiger partial charge on any atom is -0.394 e. The zero-order valence-corrected chi connectivity index (χ0v) is 9.71. The van der Waals surface area contributed by atoms with E-state index in [1.807, 2.05) is 4.98 Å². The van der Waals surface area contributed by atoms with Crippen molar-refractivity contribution in [2.75, 3.05) is 13.2 Å². The number of aromatic nitrogens is 2. The maximum absolute atomic E-state index is 11.0. The summed E-state index contributed by atoms with van der Waals surface area (Å²) in [6, 6.07) is 1.05. The van der Waals surface area contributed by atoms with Crippen LogP contribution in [0.2, 0.25) is 0 Å². The van der Waals surface area contributed by atoms with Crippen LogP contribution < -0.4 is 11.2 Å². The van der Waals surface area contributed by atoms with Crippen LogP contribution in [0.5, 0.6) is 0 Å². The predicted octanol–water partition coefficient (Wildman–Crippen LogP) is -3.10. The van der Waals surface area contributed by atoms with Gasteiger partial charge in [0.15, 0.2) is 5.60 Å². The Hall–Kier alpha value is -1.92. The van der Waals surface area contributed by atoms with Crippen LogP contribution in [0.25, 0.3) is 0 Å². The Kier molecular flexibility index (Phi) is 3.55. The van der Waals surface area contributed by atoms with Crippen molar-refractivity contribution in [2.24, 2.45) is 0 Å². The Morgan fingerprint density at radius 1 is 1.47 bits per heavy atom. The minimum atomic E-state index is -1.85. The first kappa shape index (κ1) is 13.5. The lowest BCUT2D eigenvalue weighted by Gasteiger charge is -2.19. The normalized spacial score (nSPS) is 29.8. The van der Waals surface area contributed by atoms with Crippen LogP contribution in [-0.4, -0.2) is 56.3 Å². The van der Waals surface area contributed by atoms with Crippen molar-refractivity contribution in [1.82, 2.24) is 9.97 Å². The van der Waals surface area contributed by atoms with Gasteiger partial charge in [-0.05, 0) is 5.92 Å². The van der Waals surface area contributed by atoms with Gasteiger partial charge >= 0.3 is 5.69 Å². The van der Waals surface area contributed by atoms with Crippen molar-refractivity contribution in [2.45, 2.75) is 17.8 Å². The number of ether oxygens (including phenoxy) is 1. The van der Waals surface area contributed by atoms with E-state index in [4.69, 9.17) is 9.84 Å². The topological polar surface area (TPSA) is 136 Å². The molecule has 3 atom stereocenters. The van der Waals surface area contributed by atoms with Crippen molar-refractivity contribution in [3.8, 4) is 11.8 Å². The van der Waals surface area contributed by atoms with Crippen LogP contribution >= 0.6 is 0 Å². The number of hydrogen-bond acceptors (Lipinski definition) is 6. The lowest BCUT2D eigenvalue weighted by molar-refractivity contribution is -0.0236. The highest BCUT2D eigenvalue weighted by Crippen LogP contribution is 2.23. The maximum Gasteiger partial charge on any atom is 0.326 e. The highest BCUT2D eigenvalue weighted by Gasteiger charge is 2.46. The summed E-state index contributed by atoms with van der Waals surface area (Å²) < 4.78 is 4.97. The smallest absolute Gasteiger partial charge is 0.326 e. The standard InChI is InChI=1S/C11H12N2O6/c14-4-7-9(16)11(18,5-19-7)2-1-6-3-8(15)13-10(17)12-6/h3,7,9,14,16,18H,4-5H2,(H2,12,13,15,17)/t7-,9-,11+/m1/s1. The predicted molar refractivity (Wildman–Crippen MR) is 62.3 cm³/mol. The Bertz CT molecular complexity index is 611. The van der Waals surface area contributed by atoms with E-state index >= 15 is 0 Å². The van der Waals surface area contributed by atoms with Gasteiger partial charge in [-0.25, -0.2) is 4.79 Å². The average molecular weight is 268 g/mol. The quantitative estimate of drug-likeness (QED) is 0.342. The van der Waals surface area contributed by atoms with E-state index < -0.39 is 35.7 Å². The van der Waals surface area contributed by atoms with Gasteiger partial charge in [0.05, 0.1) is 18.9 Å². The number of rotatable bonds is 1. The van der Waals surface area contributed by atoms with Gasteiger partial charge in [0.1, 0.15) is 12.2 Å². The van der Waals surface area contributed by atoms with Gasteiger partial charge in [-0.3, -0.25) is 9.78 Å². The van der Waals surface area contributed by atoms with Crippen LogP contribution in [0.1, 0.15) is 5.69 Å². The van der Waals surface area contributed by atoms with E-state index in [0.717, 1.165) is 6.07 Å². The molecular weight excluding hydrogens is 256 g/mol. The van der Waals surface area contributed by atoms with Crippen molar-refractivity contribution in [1.29, 1.82) is 0 Å². The molecule has 0 spiro atoms. The molecule has 0 bridgehead atoms. The van der Waals surface area contributed by atoms with Gasteiger partial charge in [-0.2, -0.15) is 0 Å². The SMILES string of the molecule is O=c1cc(C#C[C@]2(O)CO[C@H](CO)[C@H]2O)[nH]c(=O)[nH]1. The molecule has 8 heteroatoms. The van der Waals surface area contributed by atoms with E-state index in [-0.39, 0.29) is 12.3 Å². The first-order chi connectivity index (χ1) is 8.94. The molecule has 0 amide bonds. The molecule has 0 radical (unpaired) electrons. The first-order valence-electron chi connectivity index (χ1n) is 5.44. The second kappa shape index (κ2) is 4.99. The molecule has 5 N–H and O–H groups in total. The summed E-state index contributed by atoms with van der Waals surface area (Å²) in [5.41, 5.74) is -3.20. The number of aromatic amines is 2. The largest absolute Gasteiger partial charge is 0.394 e. The fourth-order valence-corrected chi connectivity index (χ4v) is 1.69. The maximum atomic E-state index is 11.0. The molecule has 1 saturated heterocycles. The molecule has 1 fully saturated rings. The number of aliphatic hydroxyl groups is 3. The third-order valence-corrected chi connectivity index (χ3v) is 2.71. The third-order valence-electron chi connectivity index (χ3n) is 2.71. The molecule has 2 rings (SSSR count). The summed E-state index contributed by atoms with van der Waals surface area (Å²) in [6.07, 6.45) is -2.30. The highest BCUT2D eigenvalue weighted by atomic mass is 16.5. The van der Waals surface area contributed by atoms with E-state index in [0.29, 0.717) is 0 Å². The molecule has 0 aliphatic carbocycles. The first-order valence-corrected chi connectivity index (χ1v) is 5.44. The molecule has 102 valence electrons. The van der Waals surface area contributed by atoms with Crippen molar-refractivity contribution >= 4 is 0 Å². The number of nitrogens with one attached hydrogen (secondary N) is 2. The molecule has 2 heterocycles. The van der Waals surface area contributed by atoms with Gasteiger partial charge < -0.3 is 25.0 Å². The van der Waals surface area contributed by atoms with Gasteiger partial charge in [0.25, 0.3) is 5.56 Å². The van der Waals surface area contributed by atoms with Gasteiger partial charge in [0.2, 0.25) is 0 Å². The number of H-pyrrole nitrogens is 2. The van der Waals surface area contributed by atoms with Gasteiger partial charge in [-0.1, -0.05) is 5.92 Å². The van der Waals surface area contributed by atoms with E-state index in [1.54, 1.807) is 0 Å². The molecule has 19 heavy (non-hydrogen) atoms. The van der Waals surface area contributed by atoms with Crippen LogP contribution in [0.3, 0.4) is 0 Å². The molecular formula is C11H12N2O6. The Morgan fingerprint density at radius 3 is 2.79 bits per heavy atom. The van der Waals surface area contributed by atoms with Crippen molar-refractivity contribution in [3.05, 3.63) is 32.6 Å². The number of hydrogen-bond donors (Lipinski definition) is 5. The molecule has 0 aromatic carbocycles. The number of aliphatic hydroxyl groups excluding tert-OH is 2. The van der Waals surface area contributed by atoms with E-state index in [2.05, 4.69) is 16.8 Å². The second-order valence-corrected chi connectivity index (χ2v) is 4.15. The zero-order valence-electron chi connectivity index (χ0n) is 9.71. The molecule has 1 aliphatic heterocycles. The summed E-state index contributed by atoms with van der Waals surface area (Å²) in [7, 11) is 0. The van der Waals surface area contributed by atoms with Crippen molar-refractivity contribution < 1.29 is 20.1 Å². The zero-order chi connectivity index (χ0) is 14.0. The fraction of sp³-hybridized carbons (Fsp3) is 0.455. The molecule has 1 aromatic heterocycles. The Morgan fingerprint density at radius 2 is 2.21 bits per heavy atom. The van der Waals surface area contributed by atoms with Crippen LogP contribution in [0, 0.1) is 11.8 Å². The van der Waals surface area contributed by atoms with Crippen LogP contribution in [0.4, 0.5) is 0 Å². The summed E-state index contributed by atoms with van der Waals surface area (Å²) in [4.78, 5) is 26.3. The average Bonchev–Trinajstić information content (AvgIpc) is 2.63. The van der Waals surface area contributed by atoms with Gasteiger partial charge in [0, 0.05) is 6.07 Å². The minimum absolute atomic E-state index is 0.00169. The molecule has 1 aliphatic rings. The molecule has 0 saturated carbocycles. The van der Waals surface area contributed by atoms with Crippen LogP contribution in [-0.2, 0) is 4.74 Å². The van der Waals surface area contributed by atoms with Gasteiger partial charge in [-0.15, -0.1) is 0 Å². The van der Waals surface area contributed by atoms with E-state index in [9.17, 15) is 19.8 Å². The summed E-state index contributed by atoms with van der Waals surface area (Å²) in [5.74, 6) is 4.73. The molecule has 1 aromatic rings. The van der Waals surface area contributed by atoms with Crippen LogP contribution in [0.15, 0.2) is 15.7 Å². The Balaban J connectivity index is 2.29. The monoisotopic (exact) mass is 268 g/mol. The fourth-order valence-electron chi connectivity index (χ4n) is 1.69. The second-order valence-electron chi connectivity index (χ2n) is 4.15. The van der Waals surface area contributed by atoms with E-state index in [1.165, 1.54) is 0 Å². The highest BCUT2D eigenvalue weighted by molar-refractivity contribution is 5.31. The lowest BCUT2D eigenvalue weighted by Crippen LogP contribution is -2.43. The molecule has 0 unspecified atom stereocenters. The summed E-state index contributed by atoms with van der Waals surface area (Å²) in [5, 5.41) is 28.6.